The molecule has 7 heteroatoms. The van der Waals surface area contributed by atoms with Crippen molar-refractivity contribution in [3.05, 3.63) is 23.8 Å². The van der Waals surface area contributed by atoms with Crippen LogP contribution in [0.25, 0.3) is 0 Å². The maximum Gasteiger partial charge on any atom is 0.317 e. The maximum atomic E-state index is 11.6. The van der Waals surface area contributed by atoms with E-state index in [2.05, 4.69) is 5.32 Å². The number of rotatable bonds is 2. The van der Waals surface area contributed by atoms with Crippen LogP contribution in [-0.2, 0) is 0 Å². The van der Waals surface area contributed by atoms with Crippen LogP contribution >= 0.6 is 0 Å². The van der Waals surface area contributed by atoms with Crippen LogP contribution in [0.1, 0.15) is 10.4 Å². The lowest BCUT2D eigenvalue weighted by Crippen LogP contribution is -2.52. The number of carbonyl (C=O) groups is 2. The van der Waals surface area contributed by atoms with Gasteiger partial charge in [-0.3, -0.25) is 4.79 Å². The van der Waals surface area contributed by atoms with E-state index in [0.29, 0.717) is 43.1 Å². The third kappa shape index (κ3) is 1.91. The number of piperazine rings is 1. The number of primary amides is 1. The summed E-state index contributed by atoms with van der Waals surface area (Å²) in [5.74, 6) is -0.490. The molecular formula is C13H17N5O2. The molecule has 0 bridgehead atoms. The van der Waals surface area contributed by atoms with Crippen molar-refractivity contribution in [2.75, 3.05) is 36.8 Å². The fourth-order valence-electron chi connectivity index (χ4n) is 2.92. The normalized spacial score (nSPS) is 21.6. The number of hydrogen-bond acceptors (Lipinski definition) is 4. The van der Waals surface area contributed by atoms with E-state index in [4.69, 9.17) is 11.5 Å². The van der Waals surface area contributed by atoms with Crippen molar-refractivity contribution in [1.29, 1.82) is 0 Å². The second-order valence-electron chi connectivity index (χ2n) is 5.09. The summed E-state index contributed by atoms with van der Waals surface area (Å²) >= 11 is 0. The van der Waals surface area contributed by atoms with E-state index < -0.39 is 5.91 Å². The number of fused-ring (bicyclic) bond motifs is 1. The zero-order valence-corrected chi connectivity index (χ0v) is 11.0. The second-order valence-corrected chi connectivity index (χ2v) is 5.09. The molecule has 0 aliphatic carbocycles. The summed E-state index contributed by atoms with van der Waals surface area (Å²) in [7, 11) is 0. The minimum Gasteiger partial charge on any atom is -0.397 e. The van der Waals surface area contributed by atoms with Gasteiger partial charge in [0.15, 0.2) is 0 Å². The molecule has 3 amide bonds. The molecule has 106 valence electrons. The number of carbonyl (C=O) groups excluding carboxylic acids is 2. The first-order valence-corrected chi connectivity index (χ1v) is 6.55. The lowest BCUT2D eigenvalue weighted by atomic mass is 10.1. The molecular weight excluding hydrogens is 258 g/mol. The number of hydrogen-bond donors (Lipinski definition) is 3. The predicted molar refractivity (Wildman–Crippen MR) is 75.5 cm³/mol. The van der Waals surface area contributed by atoms with Crippen LogP contribution in [0.3, 0.4) is 0 Å². The van der Waals surface area contributed by atoms with E-state index in [-0.39, 0.29) is 12.1 Å². The molecule has 1 atom stereocenters. The van der Waals surface area contributed by atoms with Gasteiger partial charge < -0.3 is 26.6 Å². The van der Waals surface area contributed by atoms with Gasteiger partial charge in [-0.1, -0.05) is 6.07 Å². The van der Waals surface area contributed by atoms with Crippen LogP contribution in [0.5, 0.6) is 0 Å². The first-order valence-electron chi connectivity index (χ1n) is 6.55. The molecule has 5 N–H and O–H groups in total. The minimum atomic E-state index is -0.490. The molecule has 20 heavy (non-hydrogen) atoms. The van der Waals surface area contributed by atoms with Gasteiger partial charge in [-0.25, -0.2) is 4.79 Å². The third-order valence-corrected chi connectivity index (χ3v) is 3.88. The number of nitrogens with two attached hydrogens (primary N) is 2. The molecule has 1 unspecified atom stereocenters. The summed E-state index contributed by atoms with van der Waals surface area (Å²) in [5.41, 5.74) is 13.1. The molecule has 2 aliphatic heterocycles. The summed E-state index contributed by atoms with van der Waals surface area (Å²) in [6.45, 7) is 2.52. The summed E-state index contributed by atoms with van der Waals surface area (Å²) in [4.78, 5) is 27.0. The zero-order valence-electron chi connectivity index (χ0n) is 11.0. The molecule has 1 aromatic rings. The van der Waals surface area contributed by atoms with Crippen molar-refractivity contribution in [1.82, 2.24) is 10.2 Å². The van der Waals surface area contributed by atoms with Crippen LogP contribution in [0.4, 0.5) is 16.2 Å². The highest BCUT2D eigenvalue weighted by Gasteiger charge is 2.36. The van der Waals surface area contributed by atoms with E-state index in [1.165, 1.54) is 0 Å². The number of amides is 3. The van der Waals surface area contributed by atoms with E-state index >= 15 is 0 Å². The third-order valence-electron chi connectivity index (χ3n) is 3.88. The number of nitrogen functional groups attached to an aromatic ring is 1. The van der Waals surface area contributed by atoms with Crippen molar-refractivity contribution in [2.24, 2.45) is 5.73 Å². The number of para-hydroxylation sites is 1. The van der Waals surface area contributed by atoms with Crippen molar-refractivity contribution in [3.8, 4) is 0 Å². The van der Waals surface area contributed by atoms with Gasteiger partial charge in [0, 0.05) is 26.2 Å². The Bertz CT molecular complexity index is 574. The highest BCUT2D eigenvalue weighted by Crippen LogP contribution is 2.30. The highest BCUT2D eigenvalue weighted by atomic mass is 16.2. The van der Waals surface area contributed by atoms with E-state index in [1.54, 1.807) is 18.2 Å². The van der Waals surface area contributed by atoms with Crippen LogP contribution in [0, 0.1) is 0 Å². The van der Waals surface area contributed by atoms with E-state index in [9.17, 15) is 9.59 Å². The summed E-state index contributed by atoms with van der Waals surface area (Å²) in [6, 6.07) is 5.24. The van der Waals surface area contributed by atoms with Gasteiger partial charge in [0.1, 0.15) is 0 Å². The molecule has 2 aliphatic rings. The Kier molecular flexibility index (Phi) is 2.89. The molecule has 3 rings (SSSR count). The van der Waals surface area contributed by atoms with Gasteiger partial charge in [-0.05, 0) is 12.1 Å². The number of nitrogens with zero attached hydrogens (tertiary/aromatic N) is 2. The molecule has 0 radical (unpaired) electrons. The van der Waals surface area contributed by atoms with Gasteiger partial charge in [0.2, 0.25) is 0 Å². The molecule has 2 saturated heterocycles. The predicted octanol–water partition coefficient (Wildman–Crippen LogP) is -0.418. The smallest absolute Gasteiger partial charge is 0.317 e. The first-order chi connectivity index (χ1) is 9.58. The number of nitrogens with one attached hydrogen (secondary N) is 1. The van der Waals surface area contributed by atoms with Crippen molar-refractivity contribution < 1.29 is 9.59 Å². The van der Waals surface area contributed by atoms with Crippen LogP contribution < -0.4 is 21.7 Å². The average Bonchev–Trinajstić information content (AvgIpc) is 2.79. The Hall–Kier alpha value is -2.44. The van der Waals surface area contributed by atoms with Crippen molar-refractivity contribution >= 4 is 23.3 Å². The molecule has 0 spiro atoms. The first kappa shape index (κ1) is 12.6. The molecule has 2 fully saturated rings. The monoisotopic (exact) mass is 275 g/mol. The SMILES string of the molecule is NC(=O)c1cccc(N)c1N1CCN2C(=O)NCC2C1. The number of anilines is 2. The van der Waals surface area contributed by atoms with Crippen LogP contribution in [0.2, 0.25) is 0 Å². The van der Waals surface area contributed by atoms with Gasteiger partial charge in [-0.15, -0.1) is 0 Å². The average molecular weight is 275 g/mol. The summed E-state index contributed by atoms with van der Waals surface area (Å²) in [6.07, 6.45) is 0. The fourth-order valence-corrected chi connectivity index (χ4v) is 2.92. The fraction of sp³-hybridized carbons (Fsp3) is 0.385. The topological polar surface area (TPSA) is 105 Å². The van der Waals surface area contributed by atoms with Gasteiger partial charge in [0.05, 0.1) is 23.0 Å². The molecule has 0 aromatic heterocycles. The summed E-state index contributed by atoms with van der Waals surface area (Å²) in [5, 5.41) is 2.82. The van der Waals surface area contributed by atoms with Gasteiger partial charge in [-0.2, -0.15) is 0 Å². The Morgan fingerprint density at radius 1 is 1.35 bits per heavy atom. The number of urea groups is 1. The van der Waals surface area contributed by atoms with Gasteiger partial charge >= 0.3 is 6.03 Å². The van der Waals surface area contributed by atoms with Gasteiger partial charge in [0.25, 0.3) is 5.91 Å². The van der Waals surface area contributed by atoms with Crippen LogP contribution in [0.15, 0.2) is 18.2 Å². The Labute approximate surface area is 116 Å². The molecule has 2 heterocycles. The van der Waals surface area contributed by atoms with Crippen molar-refractivity contribution in [3.63, 3.8) is 0 Å². The quantitative estimate of drug-likeness (QED) is 0.638. The Balaban J connectivity index is 1.91. The lowest BCUT2D eigenvalue weighted by molar-refractivity contribution is 0.100. The Morgan fingerprint density at radius 2 is 2.15 bits per heavy atom. The highest BCUT2D eigenvalue weighted by molar-refractivity contribution is 6.01. The molecule has 1 aromatic carbocycles. The Morgan fingerprint density at radius 3 is 2.90 bits per heavy atom. The lowest BCUT2D eigenvalue weighted by Gasteiger charge is -2.38. The summed E-state index contributed by atoms with van der Waals surface area (Å²) < 4.78 is 0. The van der Waals surface area contributed by atoms with Crippen LogP contribution in [-0.4, -0.2) is 49.1 Å². The number of benzene rings is 1. The zero-order chi connectivity index (χ0) is 14.3. The van der Waals surface area contributed by atoms with E-state index in [1.807, 2.05) is 9.80 Å². The maximum absolute atomic E-state index is 11.6. The standard InChI is InChI=1S/C13H17N5O2/c14-10-3-1-2-9(12(15)19)11(10)17-4-5-18-8(7-17)6-16-13(18)20/h1-3,8H,4-7,14H2,(H2,15,19)(H,16,20). The van der Waals surface area contributed by atoms with Crippen molar-refractivity contribution in [2.45, 2.75) is 6.04 Å². The molecule has 0 saturated carbocycles. The largest absolute Gasteiger partial charge is 0.397 e. The minimum absolute atomic E-state index is 0.0224. The van der Waals surface area contributed by atoms with E-state index in [0.717, 1.165) is 0 Å². The second kappa shape index (κ2) is 4.59. The molecule has 7 nitrogen and oxygen atoms in total.